The van der Waals surface area contributed by atoms with Gasteiger partial charge in [-0.1, -0.05) is 0 Å². The Kier molecular flexibility index (Phi) is 8.58. The third kappa shape index (κ3) is 7.15. The minimum Gasteiger partial charge on any atom is -0.482 e. The molecule has 0 N–H and O–H groups in total. The van der Waals surface area contributed by atoms with E-state index in [9.17, 15) is 17.8 Å². The molecule has 0 aliphatic heterocycles. The fourth-order valence-corrected chi connectivity index (χ4v) is 6.15. The predicted molar refractivity (Wildman–Crippen MR) is 91.5 cm³/mol. The first-order valence-electron chi connectivity index (χ1n) is 7.75. The molecule has 0 unspecified atom stereocenters. The number of carbonyl (C=O) groups is 1. The predicted octanol–water partition coefficient (Wildman–Crippen LogP) is 2.63. The molecule has 0 fully saturated rings. The number of benzene rings is 1. The van der Waals surface area contributed by atoms with Crippen molar-refractivity contribution in [3.05, 3.63) is 24.3 Å². The molecule has 0 heterocycles. The Hall–Kier alpha value is -1.41. The summed E-state index contributed by atoms with van der Waals surface area (Å²) in [6.45, 7) is 5.02. The topological polar surface area (TPSA) is 105 Å². The third-order valence-corrected chi connectivity index (χ3v) is 7.74. The van der Waals surface area contributed by atoms with Crippen LogP contribution in [0.3, 0.4) is 0 Å². The summed E-state index contributed by atoms with van der Waals surface area (Å²) in [6, 6.07) is 5.41. The zero-order valence-corrected chi connectivity index (χ0v) is 16.2. The molecule has 0 spiro atoms. The molecule has 25 heavy (non-hydrogen) atoms. The van der Waals surface area contributed by atoms with Crippen LogP contribution in [0.25, 0.3) is 0 Å². The quantitative estimate of drug-likeness (QED) is 0.417. The fourth-order valence-electron chi connectivity index (χ4n) is 1.88. The van der Waals surface area contributed by atoms with Gasteiger partial charge in [0.15, 0.2) is 21.9 Å². The Morgan fingerprint density at radius 3 is 2.04 bits per heavy atom. The lowest BCUT2D eigenvalue weighted by atomic mass is 10.3. The molecule has 1 aromatic rings. The zero-order valence-electron chi connectivity index (χ0n) is 14.5. The maximum Gasteiger partial charge on any atom is 0.346 e. The number of hydrogen-bond acceptors (Lipinski definition) is 8. The molecule has 0 bridgehead atoms. The summed E-state index contributed by atoms with van der Waals surface area (Å²) in [5.41, 5.74) is -0.745. The number of rotatable bonds is 11. The van der Waals surface area contributed by atoms with Gasteiger partial charge in [-0.15, -0.1) is 0 Å². The van der Waals surface area contributed by atoms with Gasteiger partial charge >= 0.3 is 13.6 Å². The van der Waals surface area contributed by atoms with E-state index in [4.69, 9.17) is 18.5 Å². The molecular formula is C15H23O8PS. The SMILES string of the molecule is CCOC(=O)COc1ccc(S(=O)(=O)CP(=O)(OCC)OCC)cc1. The van der Waals surface area contributed by atoms with E-state index in [1.54, 1.807) is 20.8 Å². The molecule has 0 radical (unpaired) electrons. The van der Waals surface area contributed by atoms with Crippen molar-refractivity contribution in [2.24, 2.45) is 0 Å². The van der Waals surface area contributed by atoms with E-state index in [1.807, 2.05) is 0 Å². The summed E-state index contributed by atoms with van der Waals surface area (Å²) < 4.78 is 57.2. The van der Waals surface area contributed by atoms with Crippen LogP contribution in [-0.2, 0) is 33.0 Å². The van der Waals surface area contributed by atoms with Gasteiger partial charge < -0.3 is 18.5 Å². The van der Waals surface area contributed by atoms with Crippen molar-refractivity contribution in [1.82, 2.24) is 0 Å². The number of hydrogen-bond donors (Lipinski definition) is 0. The first-order valence-corrected chi connectivity index (χ1v) is 11.1. The highest BCUT2D eigenvalue weighted by molar-refractivity contribution is 7.97. The van der Waals surface area contributed by atoms with Gasteiger partial charge in [-0.05, 0) is 45.0 Å². The lowest BCUT2D eigenvalue weighted by Gasteiger charge is -2.17. The second kappa shape index (κ2) is 9.91. The fraction of sp³-hybridized carbons (Fsp3) is 0.533. The molecule has 0 aliphatic carbocycles. The van der Waals surface area contributed by atoms with E-state index in [2.05, 4.69) is 0 Å². The normalized spacial score (nSPS) is 12.0. The van der Waals surface area contributed by atoms with E-state index in [0.29, 0.717) is 5.75 Å². The average molecular weight is 394 g/mol. The Bertz CT molecular complexity index is 689. The van der Waals surface area contributed by atoms with Crippen LogP contribution in [0.4, 0.5) is 0 Å². The maximum absolute atomic E-state index is 12.4. The number of carbonyl (C=O) groups excluding carboxylic acids is 1. The van der Waals surface area contributed by atoms with Gasteiger partial charge in [0.25, 0.3) is 0 Å². The molecule has 0 saturated carbocycles. The maximum atomic E-state index is 12.4. The van der Waals surface area contributed by atoms with Gasteiger partial charge in [0.2, 0.25) is 0 Å². The van der Waals surface area contributed by atoms with E-state index in [1.165, 1.54) is 24.3 Å². The lowest BCUT2D eigenvalue weighted by molar-refractivity contribution is -0.145. The van der Waals surface area contributed by atoms with Gasteiger partial charge in [-0.2, -0.15) is 0 Å². The zero-order chi connectivity index (χ0) is 18.9. The van der Waals surface area contributed by atoms with Crippen molar-refractivity contribution in [2.75, 3.05) is 31.9 Å². The first-order chi connectivity index (χ1) is 11.8. The van der Waals surface area contributed by atoms with Crippen LogP contribution in [0, 0.1) is 0 Å². The molecule has 10 heteroatoms. The summed E-state index contributed by atoms with van der Waals surface area (Å²) in [6.07, 6.45) is 0. The van der Waals surface area contributed by atoms with E-state index >= 15 is 0 Å². The summed E-state index contributed by atoms with van der Waals surface area (Å²) in [4.78, 5) is 11.2. The standard InChI is InChI=1S/C15H23O8PS/c1-4-20-15(16)11-21-13-7-9-14(10-8-13)25(18,19)12-24(17,22-5-2)23-6-3/h7-10H,4-6,11-12H2,1-3H3. The van der Waals surface area contributed by atoms with E-state index < -0.39 is 28.9 Å². The van der Waals surface area contributed by atoms with Crippen LogP contribution >= 0.6 is 7.60 Å². The second-order valence-corrected chi connectivity index (χ2v) is 9.23. The third-order valence-electron chi connectivity index (χ3n) is 2.82. The number of ether oxygens (including phenoxy) is 2. The molecule has 0 saturated heterocycles. The van der Waals surface area contributed by atoms with Crippen LogP contribution in [-0.4, -0.2) is 46.3 Å². The Morgan fingerprint density at radius 2 is 1.56 bits per heavy atom. The Morgan fingerprint density at radius 1 is 1.00 bits per heavy atom. The van der Waals surface area contributed by atoms with Crippen molar-refractivity contribution in [3.8, 4) is 5.75 Å². The van der Waals surface area contributed by atoms with Crippen molar-refractivity contribution in [2.45, 2.75) is 25.7 Å². The van der Waals surface area contributed by atoms with E-state index in [0.717, 1.165) is 0 Å². The second-order valence-electron chi connectivity index (χ2n) is 4.76. The highest BCUT2D eigenvalue weighted by Gasteiger charge is 2.32. The van der Waals surface area contributed by atoms with Crippen LogP contribution in [0.1, 0.15) is 20.8 Å². The molecule has 0 amide bonds. The Balaban J connectivity index is 2.82. The first kappa shape index (κ1) is 21.6. The number of esters is 1. The van der Waals surface area contributed by atoms with E-state index in [-0.39, 0.29) is 31.3 Å². The highest BCUT2D eigenvalue weighted by atomic mass is 32.2. The summed E-state index contributed by atoms with van der Waals surface area (Å²) in [5.74, 6) is -0.210. The molecule has 8 nitrogen and oxygen atoms in total. The minimum atomic E-state index is -3.88. The molecule has 0 aromatic heterocycles. The van der Waals surface area contributed by atoms with Crippen molar-refractivity contribution >= 4 is 23.4 Å². The molecule has 1 rings (SSSR count). The van der Waals surface area contributed by atoms with Gasteiger partial charge in [0, 0.05) is 0 Å². The monoisotopic (exact) mass is 394 g/mol. The minimum absolute atomic E-state index is 0.0457. The molecule has 0 aliphatic rings. The number of sulfone groups is 1. The average Bonchev–Trinajstić information content (AvgIpc) is 2.53. The van der Waals surface area contributed by atoms with Crippen LogP contribution in [0.2, 0.25) is 0 Å². The van der Waals surface area contributed by atoms with Gasteiger partial charge in [0.1, 0.15) is 5.75 Å². The van der Waals surface area contributed by atoms with Gasteiger partial charge in [0.05, 0.1) is 24.7 Å². The summed E-state index contributed by atoms with van der Waals surface area (Å²) >= 11 is 0. The molecule has 0 atom stereocenters. The smallest absolute Gasteiger partial charge is 0.346 e. The van der Waals surface area contributed by atoms with Crippen molar-refractivity contribution < 1.29 is 36.3 Å². The van der Waals surface area contributed by atoms with Crippen LogP contribution in [0.5, 0.6) is 5.75 Å². The molecule has 1 aromatic carbocycles. The van der Waals surface area contributed by atoms with Crippen molar-refractivity contribution in [3.63, 3.8) is 0 Å². The van der Waals surface area contributed by atoms with Gasteiger partial charge in [-0.3, -0.25) is 4.57 Å². The van der Waals surface area contributed by atoms with Crippen LogP contribution < -0.4 is 4.74 Å². The van der Waals surface area contributed by atoms with Gasteiger partial charge in [-0.25, -0.2) is 13.2 Å². The van der Waals surface area contributed by atoms with Crippen molar-refractivity contribution in [1.29, 1.82) is 0 Å². The van der Waals surface area contributed by atoms with Crippen LogP contribution in [0.15, 0.2) is 29.2 Å². The molecule has 142 valence electrons. The molecular weight excluding hydrogens is 371 g/mol. The Labute approximate surface area is 147 Å². The summed E-state index contributed by atoms with van der Waals surface area (Å²) in [5, 5.41) is 0. The summed E-state index contributed by atoms with van der Waals surface area (Å²) in [7, 11) is -7.61. The largest absolute Gasteiger partial charge is 0.482 e. The lowest BCUT2D eigenvalue weighted by Crippen LogP contribution is -2.14. The highest BCUT2D eigenvalue weighted by Crippen LogP contribution is 2.50.